The lowest BCUT2D eigenvalue weighted by Gasteiger charge is -2.40. The van der Waals surface area contributed by atoms with Gasteiger partial charge >= 0.3 is 5.97 Å². The molecule has 3 rings (SSSR count). The molecule has 0 saturated heterocycles. The normalized spacial score (nSPS) is 46.2. The second-order valence-electron chi connectivity index (χ2n) is 8.59. The van der Waals surface area contributed by atoms with E-state index in [9.17, 15) is 9.59 Å². The third kappa shape index (κ3) is 1.74. The molecule has 2 saturated carbocycles. The van der Waals surface area contributed by atoms with Crippen LogP contribution in [0.1, 0.15) is 53.9 Å². The number of carbonyl (C=O) groups excluding carboxylic acids is 2. The van der Waals surface area contributed by atoms with Crippen molar-refractivity contribution in [3.63, 3.8) is 0 Å². The summed E-state index contributed by atoms with van der Waals surface area (Å²) in [5.74, 6) is 0.990. The minimum Gasteiger partial charge on any atom is -0.465 e. The number of allylic oxidation sites excluding steroid dienone is 2. The third-order valence-electron chi connectivity index (χ3n) is 6.90. The van der Waals surface area contributed by atoms with Crippen LogP contribution in [0.2, 0.25) is 0 Å². The number of ketones is 1. The first-order valence-electron chi connectivity index (χ1n) is 8.58. The molecule has 0 N–H and O–H groups in total. The molecule has 0 aromatic heterocycles. The van der Waals surface area contributed by atoms with Crippen LogP contribution < -0.4 is 0 Å². The molecule has 3 nitrogen and oxygen atoms in total. The molecule has 0 amide bonds. The highest BCUT2D eigenvalue weighted by atomic mass is 16.5. The first-order chi connectivity index (χ1) is 10.2. The summed E-state index contributed by atoms with van der Waals surface area (Å²) >= 11 is 0. The molecule has 3 heteroatoms. The molecule has 0 aromatic rings. The van der Waals surface area contributed by atoms with Crippen LogP contribution >= 0.6 is 0 Å². The summed E-state index contributed by atoms with van der Waals surface area (Å²) in [4.78, 5) is 24.5. The van der Waals surface area contributed by atoms with Gasteiger partial charge in [-0.05, 0) is 37.2 Å². The average Bonchev–Trinajstić information content (AvgIpc) is 2.97. The lowest BCUT2D eigenvalue weighted by Crippen LogP contribution is -2.40. The summed E-state index contributed by atoms with van der Waals surface area (Å²) in [6.45, 7) is 10.8. The fourth-order valence-electron chi connectivity index (χ4n) is 5.89. The van der Waals surface area contributed by atoms with Crippen molar-refractivity contribution in [3.8, 4) is 0 Å². The zero-order valence-corrected chi connectivity index (χ0v) is 14.4. The Balaban J connectivity index is 1.92. The molecule has 1 spiro atoms. The Hall–Kier alpha value is -1.12. The van der Waals surface area contributed by atoms with Crippen LogP contribution in [0.3, 0.4) is 0 Å². The van der Waals surface area contributed by atoms with Crippen molar-refractivity contribution in [2.75, 3.05) is 6.61 Å². The Labute approximate surface area is 133 Å². The number of hydrogen-bond acceptors (Lipinski definition) is 3. The van der Waals surface area contributed by atoms with Crippen LogP contribution in [0.5, 0.6) is 0 Å². The van der Waals surface area contributed by atoms with Gasteiger partial charge in [-0.2, -0.15) is 0 Å². The van der Waals surface area contributed by atoms with Gasteiger partial charge in [0.25, 0.3) is 0 Å². The number of carbonyl (C=O) groups is 2. The van der Waals surface area contributed by atoms with E-state index < -0.39 is 0 Å². The van der Waals surface area contributed by atoms with Crippen molar-refractivity contribution < 1.29 is 14.3 Å². The van der Waals surface area contributed by atoms with Gasteiger partial charge < -0.3 is 4.74 Å². The SMILES string of the molecule is CC(C)C(=O)OCC1(C)CC2(C)C(=O)C=CC23C(C)CCC13. The van der Waals surface area contributed by atoms with Crippen molar-refractivity contribution in [2.24, 2.45) is 34.0 Å². The maximum atomic E-state index is 12.6. The van der Waals surface area contributed by atoms with E-state index in [1.54, 1.807) is 0 Å². The topological polar surface area (TPSA) is 43.4 Å². The predicted molar refractivity (Wildman–Crippen MR) is 85.1 cm³/mol. The Morgan fingerprint density at radius 3 is 2.68 bits per heavy atom. The molecule has 5 unspecified atom stereocenters. The maximum Gasteiger partial charge on any atom is 0.308 e. The van der Waals surface area contributed by atoms with E-state index in [0.717, 1.165) is 19.3 Å². The number of hydrogen-bond donors (Lipinski definition) is 0. The van der Waals surface area contributed by atoms with Crippen LogP contribution in [0.25, 0.3) is 0 Å². The minimum atomic E-state index is -0.313. The largest absolute Gasteiger partial charge is 0.465 e. The molecule has 3 aliphatic rings. The summed E-state index contributed by atoms with van der Waals surface area (Å²) < 4.78 is 5.60. The summed E-state index contributed by atoms with van der Waals surface area (Å²) in [6.07, 6.45) is 7.13. The Kier molecular flexibility index (Phi) is 3.36. The van der Waals surface area contributed by atoms with Crippen molar-refractivity contribution in [3.05, 3.63) is 12.2 Å². The van der Waals surface area contributed by atoms with Crippen molar-refractivity contribution in [1.29, 1.82) is 0 Å². The minimum absolute atomic E-state index is 0.0247. The third-order valence-corrected chi connectivity index (χ3v) is 6.90. The molecular formula is C19H28O3. The van der Waals surface area contributed by atoms with Crippen LogP contribution in [0.15, 0.2) is 12.2 Å². The molecule has 122 valence electrons. The molecule has 3 aliphatic carbocycles. The van der Waals surface area contributed by atoms with Crippen LogP contribution in [-0.4, -0.2) is 18.4 Å². The molecule has 0 bridgehead atoms. The Morgan fingerprint density at radius 1 is 1.36 bits per heavy atom. The monoisotopic (exact) mass is 304 g/mol. The van der Waals surface area contributed by atoms with E-state index in [1.165, 1.54) is 0 Å². The number of ether oxygens (including phenoxy) is 1. The lowest BCUT2D eigenvalue weighted by atomic mass is 9.62. The molecule has 2 fully saturated rings. The van der Waals surface area contributed by atoms with Gasteiger partial charge in [-0.15, -0.1) is 0 Å². The first-order valence-corrected chi connectivity index (χ1v) is 8.58. The molecule has 0 radical (unpaired) electrons. The average molecular weight is 304 g/mol. The van der Waals surface area contributed by atoms with Gasteiger partial charge in [0.05, 0.1) is 12.5 Å². The Morgan fingerprint density at radius 2 is 2.05 bits per heavy atom. The quantitative estimate of drug-likeness (QED) is 0.745. The maximum absolute atomic E-state index is 12.6. The molecular weight excluding hydrogens is 276 g/mol. The van der Waals surface area contributed by atoms with E-state index in [1.807, 2.05) is 19.9 Å². The molecule has 22 heavy (non-hydrogen) atoms. The molecule has 0 heterocycles. The van der Waals surface area contributed by atoms with E-state index >= 15 is 0 Å². The summed E-state index contributed by atoms with van der Waals surface area (Å²) in [5, 5.41) is 0. The number of esters is 1. The van der Waals surface area contributed by atoms with Gasteiger partial charge in [-0.25, -0.2) is 0 Å². The zero-order chi connectivity index (χ0) is 16.3. The van der Waals surface area contributed by atoms with E-state index in [4.69, 9.17) is 4.74 Å². The molecule has 5 atom stereocenters. The second kappa shape index (κ2) is 4.69. The van der Waals surface area contributed by atoms with E-state index in [2.05, 4.69) is 26.8 Å². The highest BCUT2D eigenvalue weighted by molar-refractivity contribution is 5.99. The summed E-state index contributed by atoms with van der Waals surface area (Å²) in [6, 6.07) is 0. The van der Waals surface area contributed by atoms with E-state index in [-0.39, 0.29) is 33.9 Å². The Bertz CT molecular complexity index is 549. The van der Waals surface area contributed by atoms with Crippen molar-refractivity contribution >= 4 is 11.8 Å². The fraction of sp³-hybridized carbons (Fsp3) is 0.789. The molecule has 0 aromatic carbocycles. The predicted octanol–water partition coefficient (Wildman–Crippen LogP) is 3.77. The highest BCUT2D eigenvalue weighted by Crippen LogP contribution is 2.74. The van der Waals surface area contributed by atoms with Crippen LogP contribution in [-0.2, 0) is 14.3 Å². The van der Waals surface area contributed by atoms with Gasteiger partial charge in [-0.3, -0.25) is 9.59 Å². The van der Waals surface area contributed by atoms with Gasteiger partial charge in [0.2, 0.25) is 0 Å². The smallest absolute Gasteiger partial charge is 0.308 e. The first kappa shape index (κ1) is 15.8. The lowest BCUT2D eigenvalue weighted by molar-refractivity contribution is -0.151. The summed E-state index contributed by atoms with van der Waals surface area (Å²) in [7, 11) is 0. The molecule has 0 aliphatic heterocycles. The van der Waals surface area contributed by atoms with Crippen molar-refractivity contribution in [2.45, 2.75) is 53.9 Å². The van der Waals surface area contributed by atoms with Gasteiger partial charge in [0.1, 0.15) is 0 Å². The fourth-order valence-corrected chi connectivity index (χ4v) is 5.89. The van der Waals surface area contributed by atoms with Crippen LogP contribution in [0.4, 0.5) is 0 Å². The summed E-state index contributed by atoms with van der Waals surface area (Å²) in [5.41, 5.74) is -0.430. The van der Waals surface area contributed by atoms with Crippen molar-refractivity contribution in [1.82, 2.24) is 0 Å². The van der Waals surface area contributed by atoms with E-state index in [0.29, 0.717) is 18.4 Å². The standard InChI is InChI=1S/C19H28O3/c1-12(2)16(21)22-11-17(4)10-18(5)15(20)8-9-19(18)13(3)6-7-14(17)19/h8-9,12-14H,6-7,10-11H2,1-5H3. The van der Waals surface area contributed by atoms with Gasteiger partial charge in [-0.1, -0.05) is 40.7 Å². The zero-order valence-electron chi connectivity index (χ0n) is 14.4. The highest BCUT2D eigenvalue weighted by Gasteiger charge is 2.72. The van der Waals surface area contributed by atoms with Gasteiger partial charge in [0.15, 0.2) is 5.78 Å². The van der Waals surface area contributed by atoms with Crippen LogP contribution in [0, 0.1) is 34.0 Å². The second-order valence-corrected chi connectivity index (χ2v) is 8.59. The number of rotatable bonds is 3. The van der Waals surface area contributed by atoms with Gasteiger partial charge in [0, 0.05) is 16.2 Å².